The smallest absolute Gasteiger partial charge is 0.175 e. The van der Waals surface area contributed by atoms with Gasteiger partial charge in [0, 0.05) is 19.6 Å². The van der Waals surface area contributed by atoms with Crippen molar-refractivity contribution in [3.8, 4) is 0 Å². The zero-order chi connectivity index (χ0) is 12.2. The number of hydrogen-bond donors (Lipinski definition) is 1. The Morgan fingerprint density at radius 1 is 1.44 bits per heavy atom. The average molecular weight is 247 g/mol. The molecule has 0 aromatic carbocycles. The molecule has 1 heterocycles. The molecule has 0 aliphatic carbocycles. The van der Waals surface area contributed by atoms with E-state index >= 15 is 0 Å². The minimum atomic E-state index is -3.12. The third-order valence-corrected chi connectivity index (χ3v) is 4.82. The van der Waals surface area contributed by atoms with Gasteiger partial charge in [0.05, 0.1) is 16.8 Å². The number of aliphatic hydroxyl groups excluding tert-OH is 1. The van der Waals surface area contributed by atoms with Crippen molar-refractivity contribution in [1.82, 2.24) is 4.90 Å². The van der Waals surface area contributed by atoms with Gasteiger partial charge in [-0.05, 0) is 19.3 Å². The van der Waals surface area contributed by atoms with Crippen LogP contribution in [0.1, 0.15) is 26.2 Å². The molecule has 0 atom stereocenters. The quantitative estimate of drug-likeness (QED) is 0.780. The van der Waals surface area contributed by atoms with Gasteiger partial charge in [0.25, 0.3) is 0 Å². The predicted molar refractivity (Wildman–Crippen MR) is 64.9 cm³/mol. The zero-order valence-corrected chi connectivity index (χ0v) is 10.7. The summed E-state index contributed by atoms with van der Waals surface area (Å²) in [6, 6.07) is 0. The first-order valence-electron chi connectivity index (χ1n) is 5.76. The molecule has 1 rings (SSSR count). The predicted octanol–water partition coefficient (Wildman–Crippen LogP) is 0.782. The molecule has 0 bridgehead atoms. The molecule has 1 aliphatic heterocycles. The van der Waals surface area contributed by atoms with Crippen LogP contribution in [-0.4, -0.2) is 49.9 Å². The van der Waals surface area contributed by atoms with Crippen molar-refractivity contribution in [1.29, 1.82) is 0 Å². The maximum absolute atomic E-state index is 11.7. The Morgan fingerprint density at radius 2 is 2.00 bits per heavy atom. The number of rotatable bonds is 5. The lowest BCUT2D eigenvalue weighted by Gasteiger charge is -2.29. The van der Waals surface area contributed by atoms with E-state index in [1.165, 1.54) is 0 Å². The minimum absolute atomic E-state index is 0.183. The van der Waals surface area contributed by atoms with Crippen molar-refractivity contribution < 1.29 is 13.5 Å². The topological polar surface area (TPSA) is 57.6 Å². The Hall–Kier alpha value is -0.390. The third kappa shape index (κ3) is 3.88. The summed E-state index contributed by atoms with van der Waals surface area (Å²) in [5, 5.41) is 9.34. The number of sulfone groups is 1. The second kappa shape index (κ2) is 5.80. The van der Waals surface area contributed by atoms with Gasteiger partial charge in [0.15, 0.2) is 9.84 Å². The molecule has 4 nitrogen and oxygen atoms in total. The van der Waals surface area contributed by atoms with E-state index < -0.39 is 9.84 Å². The van der Waals surface area contributed by atoms with E-state index in [1.807, 2.05) is 11.8 Å². The van der Waals surface area contributed by atoms with Gasteiger partial charge in [-0.2, -0.15) is 0 Å². The Balaban J connectivity index is 2.46. The van der Waals surface area contributed by atoms with Crippen molar-refractivity contribution in [2.75, 3.05) is 25.4 Å². The number of hydrogen-bond acceptors (Lipinski definition) is 4. The normalized spacial score (nSPS) is 19.9. The first kappa shape index (κ1) is 13.7. The van der Waals surface area contributed by atoms with Crippen LogP contribution in [0.2, 0.25) is 0 Å². The molecular weight excluding hydrogens is 226 g/mol. The number of piperidine rings is 1. The van der Waals surface area contributed by atoms with Gasteiger partial charge in [-0.15, -0.1) is 0 Å². The molecule has 94 valence electrons. The van der Waals surface area contributed by atoms with E-state index in [0.29, 0.717) is 17.9 Å². The van der Waals surface area contributed by atoms with E-state index in [-0.39, 0.29) is 11.9 Å². The molecule has 1 fully saturated rings. The monoisotopic (exact) mass is 247 g/mol. The molecular formula is C11H21NO3S. The maximum atomic E-state index is 11.7. The van der Waals surface area contributed by atoms with E-state index in [4.69, 9.17) is 0 Å². The second-order valence-electron chi connectivity index (χ2n) is 4.36. The average Bonchev–Trinajstić information content (AvgIpc) is 2.21. The molecule has 1 aliphatic rings. The molecule has 0 radical (unpaired) electrons. The van der Waals surface area contributed by atoms with Crippen LogP contribution in [0, 0.1) is 0 Å². The fourth-order valence-electron chi connectivity index (χ4n) is 1.84. The van der Waals surface area contributed by atoms with Crippen molar-refractivity contribution in [2.45, 2.75) is 32.3 Å². The highest BCUT2D eigenvalue weighted by molar-refractivity contribution is 7.95. The fraction of sp³-hybridized carbons (Fsp3) is 0.818. The zero-order valence-electron chi connectivity index (χ0n) is 9.85. The standard InChI is InChI=1S/C11H21NO3S/c1-3-8-16(14,15)10(2)9-12-6-4-11(13)5-7-12/h11,13H,2-9H2,1H3. The molecule has 0 aromatic rings. The van der Waals surface area contributed by atoms with Gasteiger partial charge in [-0.25, -0.2) is 8.42 Å². The van der Waals surface area contributed by atoms with Crippen molar-refractivity contribution in [2.24, 2.45) is 0 Å². The highest BCUT2D eigenvalue weighted by Gasteiger charge is 2.21. The first-order chi connectivity index (χ1) is 7.45. The fourth-order valence-corrected chi connectivity index (χ4v) is 3.04. The van der Waals surface area contributed by atoms with Crippen molar-refractivity contribution in [3.05, 3.63) is 11.5 Å². The van der Waals surface area contributed by atoms with Gasteiger partial charge in [-0.3, -0.25) is 4.90 Å². The van der Waals surface area contributed by atoms with Crippen LogP contribution in [0.25, 0.3) is 0 Å². The lowest BCUT2D eigenvalue weighted by atomic mass is 10.1. The summed E-state index contributed by atoms with van der Waals surface area (Å²) < 4.78 is 23.4. The van der Waals surface area contributed by atoms with Crippen molar-refractivity contribution in [3.63, 3.8) is 0 Å². The molecule has 1 saturated heterocycles. The van der Waals surface area contributed by atoms with Crippen LogP contribution in [0.4, 0.5) is 0 Å². The summed E-state index contributed by atoms with van der Waals surface area (Å²) in [6.07, 6.45) is 1.85. The van der Waals surface area contributed by atoms with Gasteiger partial charge in [0.2, 0.25) is 0 Å². The van der Waals surface area contributed by atoms with Crippen LogP contribution in [-0.2, 0) is 9.84 Å². The van der Waals surface area contributed by atoms with Crippen LogP contribution in [0.5, 0.6) is 0 Å². The molecule has 0 spiro atoms. The van der Waals surface area contributed by atoms with E-state index in [0.717, 1.165) is 25.9 Å². The van der Waals surface area contributed by atoms with E-state index in [1.54, 1.807) is 0 Å². The Bertz CT molecular complexity index is 329. The molecule has 0 saturated carbocycles. The Kier molecular flexibility index (Phi) is 4.95. The van der Waals surface area contributed by atoms with Gasteiger partial charge in [0.1, 0.15) is 0 Å². The summed E-state index contributed by atoms with van der Waals surface area (Å²) in [7, 11) is -3.12. The van der Waals surface area contributed by atoms with E-state index in [2.05, 4.69) is 6.58 Å². The minimum Gasteiger partial charge on any atom is -0.393 e. The molecule has 16 heavy (non-hydrogen) atoms. The number of nitrogens with zero attached hydrogens (tertiary/aromatic N) is 1. The molecule has 0 unspecified atom stereocenters. The van der Waals surface area contributed by atoms with Gasteiger partial charge >= 0.3 is 0 Å². The molecule has 0 aromatic heterocycles. The third-order valence-electron chi connectivity index (χ3n) is 2.87. The number of likely N-dealkylation sites (tertiary alicyclic amines) is 1. The highest BCUT2D eigenvalue weighted by atomic mass is 32.2. The van der Waals surface area contributed by atoms with Gasteiger partial charge in [-0.1, -0.05) is 13.5 Å². The van der Waals surface area contributed by atoms with Crippen molar-refractivity contribution >= 4 is 9.84 Å². The summed E-state index contributed by atoms with van der Waals surface area (Å²) in [4.78, 5) is 2.35. The van der Waals surface area contributed by atoms with Crippen LogP contribution in [0.15, 0.2) is 11.5 Å². The summed E-state index contributed by atoms with van der Waals surface area (Å²) in [5.41, 5.74) is 0. The largest absolute Gasteiger partial charge is 0.393 e. The van der Waals surface area contributed by atoms with Crippen LogP contribution in [0.3, 0.4) is 0 Å². The van der Waals surface area contributed by atoms with E-state index in [9.17, 15) is 13.5 Å². The second-order valence-corrected chi connectivity index (χ2v) is 6.58. The maximum Gasteiger partial charge on any atom is 0.175 e. The summed E-state index contributed by atoms with van der Waals surface area (Å²) in [6.45, 7) is 7.43. The SMILES string of the molecule is C=C(CN1CCC(O)CC1)S(=O)(=O)CCC. The molecule has 1 N–H and O–H groups in total. The lowest BCUT2D eigenvalue weighted by Crippen LogP contribution is -2.37. The molecule has 5 heteroatoms. The molecule has 0 amide bonds. The van der Waals surface area contributed by atoms with Crippen LogP contribution >= 0.6 is 0 Å². The lowest BCUT2D eigenvalue weighted by molar-refractivity contribution is 0.0876. The Labute approximate surface area is 97.9 Å². The van der Waals surface area contributed by atoms with Crippen LogP contribution < -0.4 is 0 Å². The summed E-state index contributed by atoms with van der Waals surface area (Å²) >= 11 is 0. The highest BCUT2D eigenvalue weighted by Crippen LogP contribution is 2.14. The summed E-state index contributed by atoms with van der Waals surface area (Å²) in [5.74, 6) is 0.183. The van der Waals surface area contributed by atoms with Gasteiger partial charge < -0.3 is 5.11 Å². The number of aliphatic hydroxyl groups is 1. The first-order valence-corrected chi connectivity index (χ1v) is 7.42. The Morgan fingerprint density at radius 3 is 2.50 bits per heavy atom.